The number of carbonyl (C=O) groups excluding carboxylic acids is 4. The Kier molecular flexibility index (Phi) is 9.52. The maximum atomic E-state index is 14.4. The fourth-order valence-electron chi connectivity index (χ4n) is 6.25. The Morgan fingerprint density at radius 2 is 1.80 bits per heavy atom. The van der Waals surface area contributed by atoms with Crippen LogP contribution in [0.3, 0.4) is 0 Å². The highest BCUT2D eigenvalue weighted by Gasteiger charge is 2.62. The number of benzene rings is 1. The van der Waals surface area contributed by atoms with Gasteiger partial charge in [0.1, 0.15) is 29.3 Å². The van der Waals surface area contributed by atoms with E-state index in [-0.39, 0.29) is 19.4 Å². The highest BCUT2D eigenvalue weighted by Crippen LogP contribution is 2.45. The number of nitrogens with one attached hydrogen (secondary N) is 3. The molecule has 3 N–H and O–H groups in total. The second-order valence-electron chi connectivity index (χ2n) is 15.4. The molecule has 0 bridgehead atoms. The van der Waals surface area contributed by atoms with Crippen molar-refractivity contribution in [3.05, 3.63) is 48.7 Å². The molecule has 14 heteroatoms. The van der Waals surface area contributed by atoms with Crippen LogP contribution in [0.25, 0.3) is 10.8 Å². The second-order valence-corrected chi connectivity index (χ2v) is 17.4. The van der Waals surface area contributed by atoms with Gasteiger partial charge in [0, 0.05) is 23.9 Å². The smallest absolute Gasteiger partial charge is 0.408 e. The number of carbonyl (C=O) groups is 4. The maximum Gasteiger partial charge on any atom is 0.408 e. The number of fused-ring (bicyclic) bond motifs is 1. The lowest BCUT2D eigenvalue weighted by molar-refractivity contribution is -0.143. The van der Waals surface area contributed by atoms with Crippen molar-refractivity contribution < 1.29 is 37.1 Å². The minimum absolute atomic E-state index is 0.0242. The van der Waals surface area contributed by atoms with Gasteiger partial charge in [0.2, 0.25) is 27.7 Å². The molecule has 1 saturated heterocycles. The fraction of sp³-hybridized carbons (Fsp3) is 0.571. The van der Waals surface area contributed by atoms with Gasteiger partial charge in [-0.05, 0) is 69.4 Å². The molecule has 13 nitrogen and oxygen atoms in total. The van der Waals surface area contributed by atoms with E-state index in [2.05, 4.69) is 26.9 Å². The molecule has 2 aliphatic carbocycles. The van der Waals surface area contributed by atoms with Gasteiger partial charge in [0.05, 0.1) is 11.8 Å². The summed E-state index contributed by atoms with van der Waals surface area (Å²) < 4.78 is 39.3. The summed E-state index contributed by atoms with van der Waals surface area (Å²) in [5.41, 5.74) is -2.22. The monoisotopic (exact) mass is 697 g/mol. The minimum atomic E-state index is -3.89. The molecule has 1 aliphatic heterocycles. The SMILES string of the molecule is C=CC1CC1(NC(=O)C1CC(Oc2nccc3cccc(C)c23)CN1C(=O)C(NC(=O)OC(C)(C)C)C(C)(C)C)C(=O)NS(=O)(=O)C1CC1. The Balaban J connectivity index is 1.45. The molecule has 5 rings (SSSR count). The lowest BCUT2D eigenvalue weighted by Crippen LogP contribution is -2.60. The number of aromatic nitrogens is 1. The predicted molar refractivity (Wildman–Crippen MR) is 183 cm³/mol. The van der Waals surface area contributed by atoms with Crippen LogP contribution in [-0.2, 0) is 29.1 Å². The number of amides is 4. The standard InChI is InChI=1S/C35H47N5O8S/c1-9-22-18-35(22,31(43)39-49(45,46)24-13-14-24)38-28(41)25-17-23(47-29-26-20(2)11-10-12-21(26)15-16-36-29)19-40(25)30(42)27(33(3,4)5)37-32(44)48-34(6,7)8/h9-12,15-16,22-25,27H,1,13-14,17-19H2,2-8H3,(H,37,44)(H,38,41)(H,39,43). The van der Waals surface area contributed by atoms with Crippen LogP contribution in [0.15, 0.2) is 43.1 Å². The van der Waals surface area contributed by atoms with Gasteiger partial charge < -0.3 is 25.0 Å². The highest BCUT2D eigenvalue weighted by molar-refractivity contribution is 7.91. The molecule has 2 aromatic rings. The van der Waals surface area contributed by atoms with Gasteiger partial charge in [0.15, 0.2) is 0 Å². The molecule has 3 fully saturated rings. The van der Waals surface area contributed by atoms with E-state index in [0.29, 0.717) is 18.7 Å². The summed E-state index contributed by atoms with van der Waals surface area (Å²) in [7, 11) is -3.89. The number of ether oxygens (including phenoxy) is 2. The number of rotatable bonds is 10. The summed E-state index contributed by atoms with van der Waals surface area (Å²) in [4.78, 5) is 60.7. The van der Waals surface area contributed by atoms with Crippen molar-refractivity contribution in [2.24, 2.45) is 11.3 Å². The second kappa shape index (κ2) is 12.9. The van der Waals surface area contributed by atoms with Crippen molar-refractivity contribution in [2.75, 3.05) is 6.54 Å². The Hall–Kier alpha value is -4.20. The van der Waals surface area contributed by atoms with Crippen LogP contribution in [0, 0.1) is 18.3 Å². The summed E-state index contributed by atoms with van der Waals surface area (Å²) in [6.07, 6.45) is 2.77. The minimum Gasteiger partial charge on any atom is -0.472 e. The number of hydrogen-bond acceptors (Lipinski definition) is 9. The van der Waals surface area contributed by atoms with Gasteiger partial charge in [-0.15, -0.1) is 6.58 Å². The third kappa shape index (κ3) is 7.84. The molecule has 49 heavy (non-hydrogen) atoms. The van der Waals surface area contributed by atoms with Gasteiger partial charge in [-0.1, -0.05) is 45.0 Å². The van der Waals surface area contributed by atoms with Crippen molar-refractivity contribution in [1.82, 2.24) is 25.2 Å². The van der Waals surface area contributed by atoms with Gasteiger partial charge in [0.25, 0.3) is 5.91 Å². The Morgan fingerprint density at radius 3 is 2.39 bits per heavy atom. The molecule has 2 saturated carbocycles. The largest absolute Gasteiger partial charge is 0.472 e. The molecule has 1 aromatic heterocycles. The molecule has 0 spiro atoms. The van der Waals surface area contributed by atoms with Crippen molar-refractivity contribution in [2.45, 2.75) is 109 Å². The third-order valence-corrected chi connectivity index (χ3v) is 10.9. The topological polar surface area (TPSA) is 173 Å². The van der Waals surface area contributed by atoms with Crippen molar-refractivity contribution in [1.29, 1.82) is 0 Å². The van der Waals surface area contributed by atoms with Gasteiger partial charge in [-0.2, -0.15) is 0 Å². The van der Waals surface area contributed by atoms with Crippen molar-refractivity contribution in [3.63, 3.8) is 0 Å². The summed E-state index contributed by atoms with van der Waals surface area (Å²) in [5.74, 6) is -2.20. The lowest BCUT2D eigenvalue weighted by Gasteiger charge is -2.36. The van der Waals surface area contributed by atoms with Crippen LogP contribution >= 0.6 is 0 Å². The summed E-state index contributed by atoms with van der Waals surface area (Å²) in [5, 5.41) is 6.57. The van der Waals surface area contributed by atoms with Crippen LogP contribution in [0.4, 0.5) is 4.79 Å². The molecule has 0 radical (unpaired) electrons. The number of likely N-dealkylation sites (tertiary alicyclic amines) is 1. The van der Waals surface area contributed by atoms with Crippen LogP contribution < -0.4 is 20.1 Å². The zero-order valence-corrected chi connectivity index (χ0v) is 30.0. The fourth-order valence-corrected chi connectivity index (χ4v) is 7.62. The first-order chi connectivity index (χ1) is 22.8. The van der Waals surface area contributed by atoms with E-state index in [1.54, 1.807) is 47.7 Å². The number of pyridine rings is 1. The first kappa shape index (κ1) is 36.1. The van der Waals surface area contributed by atoms with E-state index >= 15 is 0 Å². The van der Waals surface area contributed by atoms with E-state index in [9.17, 15) is 27.6 Å². The molecular formula is C35H47N5O8S. The zero-order chi connectivity index (χ0) is 36.1. The number of alkyl carbamates (subject to hydrolysis) is 1. The highest BCUT2D eigenvalue weighted by atomic mass is 32.2. The van der Waals surface area contributed by atoms with E-state index in [1.165, 1.54) is 11.0 Å². The Labute approximate surface area is 287 Å². The average molecular weight is 698 g/mol. The summed E-state index contributed by atoms with van der Waals surface area (Å²) in [6, 6.07) is 5.44. The molecular weight excluding hydrogens is 650 g/mol. The molecule has 266 valence electrons. The average Bonchev–Trinajstić information content (AvgIpc) is 3.91. The number of aryl methyl sites for hydroxylation is 1. The first-order valence-electron chi connectivity index (χ1n) is 16.6. The molecule has 5 atom stereocenters. The van der Waals surface area contributed by atoms with Crippen LogP contribution in [-0.4, -0.2) is 83.2 Å². The predicted octanol–water partition coefficient (Wildman–Crippen LogP) is 3.50. The van der Waals surface area contributed by atoms with Crippen LogP contribution in [0.2, 0.25) is 0 Å². The first-order valence-corrected chi connectivity index (χ1v) is 18.1. The number of sulfonamides is 1. The molecule has 4 amide bonds. The van der Waals surface area contributed by atoms with Gasteiger partial charge in [-0.3, -0.25) is 19.1 Å². The summed E-state index contributed by atoms with van der Waals surface area (Å²) in [6.45, 7) is 16.2. The van der Waals surface area contributed by atoms with E-state index in [4.69, 9.17) is 9.47 Å². The molecule has 5 unspecified atom stereocenters. The quantitative estimate of drug-likeness (QED) is 0.314. The Morgan fingerprint density at radius 1 is 1.10 bits per heavy atom. The van der Waals surface area contributed by atoms with E-state index in [0.717, 1.165) is 16.3 Å². The van der Waals surface area contributed by atoms with E-state index in [1.807, 2.05) is 31.2 Å². The van der Waals surface area contributed by atoms with E-state index < -0.39 is 79.7 Å². The van der Waals surface area contributed by atoms with Crippen LogP contribution in [0.1, 0.15) is 72.8 Å². The zero-order valence-electron chi connectivity index (χ0n) is 29.2. The normalized spacial score (nSPS) is 24.5. The number of nitrogens with zero attached hydrogens (tertiary/aromatic N) is 2. The third-order valence-electron chi connectivity index (χ3n) is 9.11. The molecule has 1 aromatic carbocycles. The summed E-state index contributed by atoms with van der Waals surface area (Å²) >= 11 is 0. The molecule has 2 heterocycles. The lowest BCUT2D eigenvalue weighted by atomic mass is 9.85. The number of hydrogen-bond donors (Lipinski definition) is 3. The maximum absolute atomic E-state index is 14.4. The van der Waals surface area contributed by atoms with Crippen molar-refractivity contribution in [3.8, 4) is 5.88 Å². The Bertz CT molecular complexity index is 1770. The van der Waals surface area contributed by atoms with Gasteiger partial charge in [-0.25, -0.2) is 18.2 Å². The van der Waals surface area contributed by atoms with Crippen molar-refractivity contribution >= 4 is 44.6 Å². The van der Waals surface area contributed by atoms with Gasteiger partial charge >= 0.3 is 6.09 Å². The van der Waals surface area contributed by atoms with Crippen LogP contribution in [0.5, 0.6) is 5.88 Å². The molecule has 3 aliphatic rings.